The van der Waals surface area contributed by atoms with Gasteiger partial charge in [-0.25, -0.2) is 4.98 Å². The highest BCUT2D eigenvalue weighted by Crippen LogP contribution is 2.12. The molecule has 8 nitrogen and oxygen atoms in total. The van der Waals surface area contributed by atoms with E-state index in [2.05, 4.69) is 37.3 Å². The molecule has 0 spiro atoms. The Kier molecular flexibility index (Phi) is 4.80. The molecule has 25 heavy (non-hydrogen) atoms. The van der Waals surface area contributed by atoms with Gasteiger partial charge < -0.3 is 9.26 Å². The zero-order valence-electron chi connectivity index (χ0n) is 13.9. The molecule has 0 bridgehead atoms. The van der Waals surface area contributed by atoms with Gasteiger partial charge in [-0.2, -0.15) is 10.1 Å². The molecule has 130 valence electrons. The van der Waals surface area contributed by atoms with Gasteiger partial charge in [-0.15, -0.1) is 0 Å². The molecule has 3 aromatic rings. The van der Waals surface area contributed by atoms with Crippen molar-refractivity contribution < 1.29 is 9.26 Å². The molecule has 3 heterocycles. The number of morpholine rings is 1. The minimum Gasteiger partial charge on any atom is -0.374 e. The Labute approximate surface area is 145 Å². The summed E-state index contributed by atoms with van der Waals surface area (Å²) >= 11 is 0. The van der Waals surface area contributed by atoms with Crippen molar-refractivity contribution in [3.05, 3.63) is 60.3 Å². The summed E-state index contributed by atoms with van der Waals surface area (Å²) in [5.41, 5.74) is 1.18. The minimum atomic E-state index is 0.0853. The maximum Gasteiger partial charge on any atom is 0.240 e. The highest BCUT2D eigenvalue weighted by molar-refractivity contribution is 5.18. The van der Waals surface area contributed by atoms with E-state index in [1.807, 2.05) is 18.2 Å². The van der Waals surface area contributed by atoms with Crippen molar-refractivity contribution in [2.24, 2.45) is 0 Å². The SMILES string of the molecule is c1ccc(Cc2noc(CN3CCO[C@@H](Cn4cncn4)C3)n2)cc1. The topological polar surface area (TPSA) is 82.1 Å². The molecular weight excluding hydrogens is 320 g/mol. The number of benzene rings is 1. The second-order valence-corrected chi connectivity index (χ2v) is 6.11. The zero-order chi connectivity index (χ0) is 16.9. The van der Waals surface area contributed by atoms with Crippen LogP contribution in [0.1, 0.15) is 17.3 Å². The molecule has 1 aliphatic heterocycles. The van der Waals surface area contributed by atoms with Crippen LogP contribution in [0.2, 0.25) is 0 Å². The first-order valence-electron chi connectivity index (χ1n) is 8.37. The summed E-state index contributed by atoms with van der Waals surface area (Å²) in [7, 11) is 0. The van der Waals surface area contributed by atoms with Crippen molar-refractivity contribution in [1.29, 1.82) is 0 Å². The van der Waals surface area contributed by atoms with Gasteiger partial charge in [-0.3, -0.25) is 9.58 Å². The summed E-state index contributed by atoms with van der Waals surface area (Å²) in [4.78, 5) is 10.7. The maximum absolute atomic E-state index is 5.81. The van der Waals surface area contributed by atoms with E-state index in [-0.39, 0.29) is 6.10 Å². The van der Waals surface area contributed by atoms with Gasteiger partial charge in [0.25, 0.3) is 0 Å². The normalized spacial score (nSPS) is 18.5. The second-order valence-electron chi connectivity index (χ2n) is 6.11. The van der Waals surface area contributed by atoms with E-state index in [4.69, 9.17) is 9.26 Å². The fraction of sp³-hybridized carbons (Fsp3) is 0.412. The largest absolute Gasteiger partial charge is 0.374 e. The smallest absolute Gasteiger partial charge is 0.240 e. The Bertz CT molecular complexity index is 774. The van der Waals surface area contributed by atoms with Crippen molar-refractivity contribution in [2.45, 2.75) is 25.6 Å². The van der Waals surface area contributed by atoms with Gasteiger partial charge in [0.05, 0.1) is 25.8 Å². The molecule has 0 amide bonds. The third kappa shape index (κ3) is 4.28. The van der Waals surface area contributed by atoms with Crippen LogP contribution in [0.15, 0.2) is 47.5 Å². The predicted octanol–water partition coefficient (Wildman–Crippen LogP) is 1.15. The van der Waals surface area contributed by atoms with Crippen LogP contribution < -0.4 is 0 Å². The fourth-order valence-electron chi connectivity index (χ4n) is 2.97. The zero-order valence-corrected chi connectivity index (χ0v) is 13.9. The van der Waals surface area contributed by atoms with Crippen LogP contribution in [-0.4, -0.2) is 55.6 Å². The van der Waals surface area contributed by atoms with Gasteiger partial charge in [-0.1, -0.05) is 35.5 Å². The second kappa shape index (κ2) is 7.54. The maximum atomic E-state index is 5.81. The lowest BCUT2D eigenvalue weighted by molar-refractivity contribution is -0.0426. The van der Waals surface area contributed by atoms with Crippen molar-refractivity contribution in [3.63, 3.8) is 0 Å². The summed E-state index contributed by atoms with van der Waals surface area (Å²) in [5, 5.41) is 8.22. The number of nitrogens with zero attached hydrogens (tertiary/aromatic N) is 6. The van der Waals surface area contributed by atoms with E-state index in [0.29, 0.717) is 37.8 Å². The number of ether oxygens (including phenoxy) is 1. The lowest BCUT2D eigenvalue weighted by atomic mass is 10.1. The van der Waals surface area contributed by atoms with Crippen LogP contribution in [0.3, 0.4) is 0 Å². The van der Waals surface area contributed by atoms with Gasteiger partial charge in [-0.05, 0) is 5.56 Å². The molecule has 2 aromatic heterocycles. The van der Waals surface area contributed by atoms with E-state index in [0.717, 1.165) is 13.1 Å². The average molecular weight is 340 g/mol. The van der Waals surface area contributed by atoms with E-state index in [1.54, 1.807) is 11.0 Å². The van der Waals surface area contributed by atoms with Crippen LogP contribution in [0.4, 0.5) is 0 Å². The molecule has 1 aliphatic rings. The van der Waals surface area contributed by atoms with Crippen LogP contribution in [-0.2, 0) is 24.2 Å². The van der Waals surface area contributed by atoms with E-state index < -0.39 is 0 Å². The van der Waals surface area contributed by atoms with E-state index in [1.165, 1.54) is 11.9 Å². The Morgan fingerprint density at radius 3 is 2.96 bits per heavy atom. The highest BCUT2D eigenvalue weighted by Gasteiger charge is 2.23. The van der Waals surface area contributed by atoms with Crippen molar-refractivity contribution in [3.8, 4) is 0 Å². The predicted molar refractivity (Wildman–Crippen MR) is 88.6 cm³/mol. The molecule has 1 saturated heterocycles. The Balaban J connectivity index is 1.32. The third-order valence-electron chi connectivity index (χ3n) is 4.15. The first-order valence-corrected chi connectivity index (χ1v) is 8.37. The fourth-order valence-corrected chi connectivity index (χ4v) is 2.97. The lowest BCUT2D eigenvalue weighted by Gasteiger charge is -2.31. The van der Waals surface area contributed by atoms with Crippen molar-refractivity contribution in [1.82, 2.24) is 29.8 Å². The van der Waals surface area contributed by atoms with Crippen molar-refractivity contribution in [2.75, 3.05) is 19.7 Å². The summed E-state index contributed by atoms with van der Waals surface area (Å²) in [5.74, 6) is 1.36. The Hall–Kier alpha value is -2.58. The molecule has 1 atom stereocenters. The van der Waals surface area contributed by atoms with Gasteiger partial charge in [0.1, 0.15) is 12.7 Å². The van der Waals surface area contributed by atoms with Gasteiger partial charge >= 0.3 is 0 Å². The van der Waals surface area contributed by atoms with E-state index >= 15 is 0 Å². The Morgan fingerprint density at radius 2 is 2.12 bits per heavy atom. The number of aromatic nitrogens is 5. The number of rotatable bonds is 6. The Morgan fingerprint density at radius 1 is 1.20 bits per heavy atom. The van der Waals surface area contributed by atoms with Gasteiger partial charge in [0, 0.05) is 19.5 Å². The number of hydrogen-bond acceptors (Lipinski definition) is 7. The quantitative estimate of drug-likeness (QED) is 0.666. The monoisotopic (exact) mass is 340 g/mol. The van der Waals surface area contributed by atoms with Gasteiger partial charge in [0.2, 0.25) is 5.89 Å². The number of hydrogen-bond donors (Lipinski definition) is 0. The molecule has 8 heteroatoms. The molecule has 1 aromatic carbocycles. The molecule has 4 rings (SSSR count). The summed E-state index contributed by atoms with van der Waals surface area (Å²) in [6, 6.07) is 10.2. The first-order chi connectivity index (χ1) is 12.3. The van der Waals surface area contributed by atoms with Crippen molar-refractivity contribution >= 4 is 0 Å². The molecule has 0 saturated carbocycles. The molecule has 1 fully saturated rings. The molecule has 0 aliphatic carbocycles. The summed E-state index contributed by atoms with van der Waals surface area (Å²) in [6.45, 7) is 3.67. The standard InChI is InChI=1S/C17H20N6O2/c1-2-4-14(5-3-1)8-16-20-17(25-21-16)11-22-6-7-24-15(9-22)10-23-13-18-12-19-23/h1-5,12-13,15H,6-11H2/t15-/m1/s1. The lowest BCUT2D eigenvalue weighted by Crippen LogP contribution is -2.43. The van der Waals surface area contributed by atoms with E-state index in [9.17, 15) is 0 Å². The average Bonchev–Trinajstić information content (AvgIpc) is 3.29. The van der Waals surface area contributed by atoms with Crippen LogP contribution in [0, 0.1) is 0 Å². The van der Waals surface area contributed by atoms with Crippen LogP contribution >= 0.6 is 0 Å². The molecule has 0 unspecified atom stereocenters. The minimum absolute atomic E-state index is 0.0853. The van der Waals surface area contributed by atoms with Gasteiger partial charge in [0.15, 0.2) is 5.82 Å². The summed E-state index contributed by atoms with van der Waals surface area (Å²) in [6.07, 6.45) is 4.01. The summed E-state index contributed by atoms with van der Waals surface area (Å²) < 4.78 is 13.0. The van der Waals surface area contributed by atoms with Crippen LogP contribution in [0.5, 0.6) is 0 Å². The molecule has 0 N–H and O–H groups in total. The first kappa shape index (κ1) is 15.9. The molecule has 0 radical (unpaired) electrons. The van der Waals surface area contributed by atoms with Crippen LogP contribution in [0.25, 0.3) is 0 Å². The highest BCUT2D eigenvalue weighted by atomic mass is 16.5. The third-order valence-corrected chi connectivity index (χ3v) is 4.15. The molecular formula is C17H20N6O2.